The van der Waals surface area contributed by atoms with Crippen LogP contribution in [-0.4, -0.2) is 35.6 Å². The minimum atomic E-state index is -0.348. The van der Waals surface area contributed by atoms with Crippen LogP contribution in [0.4, 0.5) is 10.5 Å². The molecule has 2 amide bonds. The van der Waals surface area contributed by atoms with Crippen LogP contribution in [0.25, 0.3) is 0 Å². The molecule has 1 fully saturated rings. The zero-order valence-electron chi connectivity index (χ0n) is 13.5. The van der Waals surface area contributed by atoms with Crippen LogP contribution in [0.3, 0.4) is 0 Å². The summed E-state index contributed by atoms with van der Waals surface area (Å²) in [6, 6.07) is 7.20. The molecule has 0 aromatic heterocycles. The monoisotopic (exact) mass is 304 g/mol. The van der Waals surface area contributed by atoms with Crippen molar-refractivity contribution in [2.75, 3.05) is 11.9 Å². The Bertz CT molecular complexity index is 517. The third kappa shape index (κ3) is 3.78. The lowest BCUT2D eigenvalue weighted by Gasteiger charge is -2.38. The molecular weight excluding hydrogens is 280 g/mol. The van der Waals surface area contributed by atoms with Crippen molar-refractivity contribution in [3.05, 3.63) is 29.8 Å². The second-order valence-electron chi connectivity index (χ2n) is 5.76. The summed E-state index contributed by atoms with van der Waals surface area (Å²) < 4.78 is 4.94. The molecule has 1 aliphatic rings. The zero-order chi connectivity index (χ0) is 16.1. The number of rotatable bonds is 3. The van der Waals surface area contributed by atoms with Crippen molar-refractivity contribution in [3.8, 4) is 0 Å². The van der Waals surface area contributed by atoms with Crippen molar-refractivity contribution < 1.29 is 14.3 Å². The van der Waals surface area contributed by atoms with Gasteiger partial charge in [0.2, 0.25) is 0 Å². The molecule has 0 unspecified atom stereocenters. The van der Waals surface area contributed by atoms with Crippen LogP contribution in [0, 0.1) is 0 Å². The summed E-state index contributed by atoms with van der Waals surface area (Å²) in [6.45, 7) is 6.29. The fraction of sp³-hybridized carbons (Fsp3) is 0.529. The van der Waals surface area contributed by atoms with Crippen LogP contribution in [0.5, 0.6) is 0 Å². The molecule has 0 saturated carbocycles. The summed E-state index contributed by atoms with van der Waals surface area (Å²) in [5.74, 6) is -0.348. The molecule has 0 bridgehead atoms. The van der Waals surface area contributed by atoms with Gasteiger partial charge in [0, 0.05) is 17.8 Å². The van der Waals surface area contributed by atoms with E-state index in [1.165, 1.54) is 6.42 Å². The van der Waals surface area contributed by atoms with E-state index in [0.717, 1.165) is 12.8 Å². The van der Waals surface area contributed by atoms with Gasteiger partial charge < -0.3 is 15.0 Å². The number of hydrogen-bond acceptors (Lipinski definition) is 3. The molecule has 5 nitrogen and oxygen atoms in total. The van der Waals surface area contributed by atoms with E-state index in [0.29, 0.717) is 17.9 Å². The Morgan fingerprint density at radius 2 is 1.77 bits per heavy atom. The van der Waals surface area contributed by atoms with Crippen molar-refractivity contribution in [3.63, 3.8) is 0 Å². The summed E-state index contributed by atoms with van der Waals surface area (Å²) >= 11 is 0. The molecule has 1 aliphatic heterocycles. The Labute approximate surface area is 131 Å². The van der Waals surface area contributed by atoms with Crippen LogP contribution in [0.1, 0.15) is 50.4 Å². The Hall–Kier alpha value is -2.04. The lowest BCUT2D eigenvalue weighted by atomic mass is 9.98. The number of piperidine rings is 1. The van der Waals surface area contributed by atoms with Crippen molar-refractivity contribution in [2.45, 2.75) is 52.1 Å². The molecular formula is C17H24N2O3. The number of benzene rings is 1. The number of likely N-dealkylation sites (tertiary alicyclic amines) is 1. The van der Waals surface area contributed by atoms with E-state index in [1.54, 1.807) is 31.2 Å². The van der Waals surface area contributed by atoms with Gasteiger partial charge in [0.05, 0.1) is 12.2 Å². The minimum absolute atomic E-state index is 0.0800. The van der Waals surface area contributed by atoms with Crippen LogP contribution < -0.4 is 5.32 Å². The van der Waals surface area contributed by atoms with Crippen molar-refractivity contribution in [1.82, 2.24) is 4.90 Å². The highest BCUT2D eigenvalue weighted by Crippen LogP contribution is 2.23. The fourth-order valence-corrected chi connectivity index (χ4v) is 2.91. The van der Waals surface area contributed by atoms with Crippen LogP contribution in [0.2, 0.25) is 0 Å². The van der Waals surface area contributed by atoms with Gasteiger partial charge in [-0.2, -0.15) is 0 Å². The normalized spacial score (nSPS) is 21.3. The van der Waals surface area contributed by atoms with Gasteiger partial charge >= 0.3 is 12.0 Å². The standard InChI is InChI=1S/C17H24N2O3/c1-4-22-16(20)14-8-10-15(11-9-14)18-17(21)19-12(2)6-5-7-13(19)3/h8-13H,4-7H2,1-3H3,(H,18,21)/t12-,13-/m0/s1. The van der Waals surface area contributed by atoms with E-state index in [9.17, 15) is 9.59 Å². The number of carbonyl (C=O) groups excluding carboxylic acids is 2. The summed E-state index contributed by atoms with van der Waals surface area (Å²) in [4.78, 5) is 25.9. The Balaban J connectivity index is 2.01. The first-order valence-corrected chi connectivity index (χ1v) is 7.89. The third-order valence-electron chi connectivity index (χ3n) is 4.08. The fourth-order valence-electron chi connectivity index (χ4n) is 2.91. The summed E-state index contributed by atoms with van der Waals surface area (Å²) in [5, 5.41) is 2.91. The molecule has 1 aromatic rings. The maximum Gasteiger partial charge on any atom is 0.338 e. The van der Waals surface area contributed by atoms with Gasteiger partial charge in [-0.3, -0.25) is 0 Å². The maximum atomic E-state index is 12.4. The Kier molecular flexibility index (Phi) is 5.41. The SMILES string of the molecule is CCOC(=O)c1ccc(NC(=O)N2[C@@H](C)CCC[C@@H]2C)cc1. The van der Waals surface area contributed by atoms with E-state index in [2.05, 4.69) is 19.2 Å². The van der Waals surface area contributed by atoms with E-state index in [1.807, 2.05) is 4.90 Å². The molecule has 1 aromatic carbocycles. The van der Waals surface area contributed by atoms with Gasteiger partial charge in [0.1, 0.15) is 0 Å². The third-order valence-corrected chi connectivity index (χ3v) is 4.08. The smallest absolute Gasteiger partial charge is 0.338 e. The quantitative estimate of drug-likeness (QED) is 0.867. The van der Waals surface area contributed by atoms with E-state index >= 15 is 0 Å². The molecule has 1 saturated heterocycles. The first-order chi connectivity index (χ1) is 10.5. The molecule has 1 heterocycles. The maximum absolute atomic E-state index is 12.4. The largest absolute Gasteiger partial charge is 0.462 e. The molecule has 0 aliphatic carbocycles. The molecule has 120 valence electrons. The number of carbonyl (C=O) groups is 2. The first kappa shape index (κ1) is 16.3. The van der Waals surface area contributed by atoms with Crippen molar-refractivity contribution >= 4 is 17.7 Å². The zero-order valence-corrected chi connectivity index (χ0v) is 13.5. The average Bonchev–Trinajstić information content (AvgIpc) is 2.48. The van der Waals surface area contributed by atoms with E-state index in [-0.39, 0.29) is 24.1 Å². The summed E-state index contributed by atoms with van der Waals surface area (Å²) in [7, 11) is 0. The molecule has 22 heavy (non-hydrogen) atoms. The van der Waals surface area contributed by atoms with Gasteiger partial charge in [-0.05, 0) is 64.3 Å². The lowest BCUT2D eigenvalue weighted by Crippen LogP contribution is -2.49. The molecule has 0 spiro atoms. The number of hydrogen-bond donors (Lipinski definition) is 1. The molecule has 5 heteroatoms. The highest BCUT2D eigenvalue weighted by molar-refractivity contribution is 5.92. The number of esters is 1. The highest BCUT2D eigenvalue weighted by atomic mass is 16.5. The van der Waals surface area contributed by atoms with Crippen LogP contribution in [-0.2, 0) is 4.74 Å². The predicted molar refractivity (Wildman–Crippen MR) is 86.0 cm³/mol. The van der Waals surface area contributed by atoms with Gasteiger partial charge in [0.25, 0.3) is 0 Å². The number of anilines is 1. The Morgan fingerprint density at radius 3 is 2.32 bits per heavy atom. The first-order valence-electron chi connectivity index (χ1n) is 7.89. The lowest BCUT2D eigenvalue weighted by molar-refractivity contribution is 0.0526. The van der Waals surface area contributed by atoms with Crippen LogP contribution in [0.15, 0.2) is 24.3 Å². The van der Waals surface area contributed by atoms with Gasteiger partial charge in [-0.25, -0.2) is 9.59 Å². The van der Waals surface area contributed by atoms with Crippen LogP contribution >= 0.6 is 0 Å². The molecule has 0 radical (unpaired) electrons. The molecule has 2 rings (SSSR count). The summed E-state index contributed by atoms with van der Waals surface area (Å²) in [5.41, 5.74) is 1.17. The van der Waals surface area contributed by atoms with Crippen molar-refractivity contribution in [2.24, 2.45) is 0 Å². The second kappa shape index (κ2) is 7.29. The summed E-state index contributed by atoms with van der Waals surface area (Å²) in [6.07, 6.45) is 3.25. The number of nitrogens with one attached hydrogen (secondary N) is 1. The van der Waals surface area contributed by atoms with Gasteiger partial charge in [0.15, 0.2) is 0 Å². The number of ether oxygens (including phenoxy) is 1. The molecule has 2 atom stereocenters. The highest BCUT2D eigenvalue weighted by Gasteiger charge is 2.28. The topological polar surface area (TPSA) is 58.6 Å². The van der Waals surface area contributed by atoms with E-state index in [4.69, 9.17) is 4.74 Å². The predicted octanol–water partition coefficient (Wildman–Crippen LogP) is 3.66. The van der Waals surface area contributed by atoms with E-state index < -0.39 is 0 Å². The molecule has 1 N–H and O–H groups in total. The second-order valence-corrected chi connectivity index (χ2v) is 5.76. The number of amides is 2. The number of urea groups is 1. The van der Waals surface area contributed by atoms with Crippen molar-refractivity contribution in [1.29, 1.82) is 0 Å². The average molecular weight is 304 g/mol. The number of nitrogens with zero attached hydrogens (tertiary/aromatic N) is 1. The van der Waals surface area contributed by atoms with Gasteiger partial charge in [-0.15, -0.1) is 0 Å². The van der Waals surface area contributed by atoms with Gasteiger partial charge in [-0.1, -0.05) is 0 Å². The minimum Gasteiger partial charge on any atom is -0.462 e. The Morgan fingerprint density at radius 1 is 1.18 bits per heavy atom.